The fourth-order valence-corrected chi connectivity index (χ4v) is 6.22. The van der Waals surface area contributed by atoms with Crippen molar-refractivity contribution in [3.8, 4) is 0 Å². The van der Waals surface area contributed by atoms with Gasteiger partial charge in [-0.2, -0.15) is 17.0 Å². The standard InChI is InChI=1S/C22H31N5O5S/c28-20(10-9-19-22(30)23-18-8-4-3-7-17(18)21(29)24-19)25-13-15-27(16-14-25)33(31,32)26-11-5-1-2-6-12-26/h3-4,7-8,19H,1-2,5-6,9-16H2,(H,23,30)(H,24,29). The Kier molecular flexibility index (Phi) is 7.30. The molecule has 0 spiro atoms. The molecule has 180 valence electrons. The Morgan fingerprint density at radius 2 is 1.55 bits per heavy atom. The molecule has 0 saturated carbocycles. The Morgan fingerprint density at radius 3 is 2.24 bits per heavy atom. The summed E-state index contributed by atoms with van der Waals surface area (Å²) in [5.74, 6) is -0.853. The quantitative estimate of drug-likeness (QED) is 0.650. The summed E-state index contributed by atoms with van der Waals surface area (Å²) < 4.78 is 29.0. The third kappa shape index (κ3) is 5.36. The van der Waals surface area contributed by atoms with Gasteiger partial charge in [-0.15, -0.1) is 0 Å². The Hall–Kier alpha value is -2.50. The summed E-state index contributed by atoms with van der Waals surface area (Å²) in [7, 11) is -3.50. The Balaban J connectivity index is 1.28. The van der Waals surface area contributed by atoms with Gasteiger partial charge in [0.15, 0.2) is 0 Å². The van der Waals surface area contributed by atoms with Crippen LogP contribution >= 0.6 is 0 Å². The van der Waals surface area contributed by atoms with Crippen molar-refractivity contribution in [2.75, 3.05) is 44.6 Å². The topological polar surface area (TPSA) is 119 Å². The molecule has 3 aliphatic rings. The van der Waals surface area contributed by atoms with E-state index in [-0.39, 0.29) is 43.7 Å². The fourth-order valence-electron chi connectivity index (χ4n) is 4.54. The number of anilines is 1. The zero-order chi connectivity index (χ0) is 23.4. The first kappa shape index (κ1) is 23.7. The molecule has 11 heteroatoms. The molecule has 4 rings (SSSR count). The van der Waals surface area contributed by atoms with E-state index in [9.17, 15) is 22.8 Å². The van der Waals surface area contributed by atoms with Crippen LogP contribution < -0.4 is 10.6 Å². The minimum absolute atomic E-state index is 0.0909. The van der Waals surface area contributed by atoms with Crippen molar-refractivity contribution in [2.45, 2.75) is 44.6 Å². The lowest BCUT2D eigenvalue weighted by atomic mass is 10.1. The van der Waals surface area contributed by atoms with Crippen molar-refractivity contribution in [1.82, 2.24) is 18.8 Å². The number of benzene rings is 1. The molecule has 2 N–H and O–H groups in total. The maximum absolute atomic E-state index is 13.0. The lowest BCUT2D eigenvalue weighted by Crippen LogP contribution is -2.54. The largest absolute Gasteiger partial charge is 0.340 e. The molecule has 2 saturated heterocycles. The molecule has 3 amide bonds. The van der Waals surface area contributed by atoms with E-state index in [1.54, 1.807) is 33.5 Å². The first-order valence-electron chi connectivity index (χ1n) is 11.6. The molecular formula is C22H31N5O5S. The average Bonchev–Trinajstić information content (AvgIpc) is 3.17. The molecule has 0 radical (unpaired) electrons. The van der Waals surface area contributed by atoms with Gasteiger partial charge in [0.05, 0.1) is 11.3 Å². The Bertz CT molecular complexity index is 998. The van der Waals surface area contributed by atoms with Gasteiger partial charge in [0, 0.05) is 45.7 Å². The highest BCUT2D eigenvalue weighted by Crippen LogP contribution is 2.21. The first-order valence-corrected chi connectivity index (χ1v) is 13.0. The lowest BCUT2D eigenvalue weighted by Gasteiger charge is -2.36. The van der Waals surface area contributed by atoms with Gasteiger partial charge in [-0.05, 0) is 31.4 Å². The van der Waals surface area contributed by atoms with Crippen LogP contribution in [0.2, 0.25) is 0 Å². The second-order valence-electron chi connectivity index (χ2n) is 8.70. The lowest BCUT2D eigenvalue weighted by molar-refractivity contribution is -0.132. The molecule has 3 aliphatic heterocycles. The SMILES string of the molecule is O=C1NC(CCC(=O)N2CCN(S(=O)(=O)N3CCCCCC3)CC2)C(=O)Nc2ccccc21. The van der Waals surface area contributed by atoms with Gasteiger partial charge >= 0.3 is 0 Å². The van der Waals surface area contributed by atoms with E-state index < -0.39 is 16.3 Å². The first-order chi connectivity index (χ1) is 15.9. The molecule has 0 aliphatic carbocycles. The number of hydrogen-bond acceptors (Lipinski definition) is 5. The van der Waals surface area contributed by atoms with Gasteiger partial charge in [-0.1, -0.05) is 25.0 Å². The highest BCUT2D eigenvalue weighted by atomic mass is 32.2. The summed E-state index contributed by atoms with van der Waals surface area (Å²) in [6.45, 7) is 2.28. The molecule has 1 atom stereocenters. The Labute approximate surface area is 194 Å². The number of amides is 3. The van der Waals surface area contributed by atoms with Crippen LogP contribution in [0, 0.1) is 0 Å². The molecule has 33 heavy (non-hydrogen) atoms. The predicted octanol–water partition coefficient (Wildman–Crippen LogP) is 0.782. The zero-order valence-corrected chi connectivity index (χ0v) is 19.5. The molecule has 0 aromatic heterocycles. The summed E-state index contributed by atoms with van der Waals surface area (Å²) in [5, 5.41) is 5.44. The van der Waals surface area contributed by atoms with Crippen LogP contribution in [0.3, 0.4) is 0 Å². The summed E-state index contributed by atoms with van der Waals surface area (Å²) in [4.78, 5) is 39.3. The van der Waals surface area contributed by atoms with Crippen molar-refractivity contribution in [3.63, 3.8) is 0 Å². The van der Waals surface area contributed by atoms with Crippen molar-refractivity contribution < 1.29 is 22.8 Å². The van der Waals surface area contributed by atoms with Crippen molar-refractivity contribution in [1.29, 1.82) is 0 Å². The fraction of sp³-hybridized carbons (Fsp3) is 0.591. The highest BCUT2D eigenvalue weighted by molar-refractivity contribution is 7.86. The summed E-state index contributed by atoms with van der Waals surface area (Å²) in [5.41, 5.74) is 0.844. The highest BCUT2D eigenvalue weighted by Gasteiger charge is 2.34. The van der Waals surface area contributed by atoms with Gasteiger partial charge in [-0.3, -0.25) is 14.4 Å². The molecule has 3 heterocycles. The van der Waals surface area contributed by atoms with E-state index in [0.717, 1.165) is 25.7 Å². The van der Waals surface area contributed by atoms with Crippen molar-refractivity contribution >= 4 is 33.6 Å². The zero-order valence-electron chi connectivity index (χ0n) is 18.7. The summed E-state index contributed by atoms with van der Waals surface area (Å²) in [6, 6.07) is 5.96. The molecule has 1 aromatic rings. The summed E-state index contributed by atoms with van der Waals surface area (Å²) in [6.07, 6.45) is 4.14. The minimum Gasteiger partial charge on any atom is -0.340 e. The van der Waals surface area contributed by atoms with E-state index in [1.807, 2.05) is 0 Å². The normalized spacial score (nSPS) is 23.2. The molecule has 0 bridgehead atoms. The second-order valence-corrected chi connectivity index (χ2v) is 10.6. The van der Waals surface area contributed by atoms with Crippen LogP contribution in [0.4, 0.5) is 5.69 Å². The van der Waals surface area contributed by atoms with E-state index in [0.29, 0.717) is 37.4 Å². The number of piperazine rings is 1. The number of fused-ring (bicyclic) bond motifs is 1. The van der Waals surface area contributed by atoms with Gasteiger partial charge in [0.2, 0.25) is 11.8 Å². The van der Waals surface area contributed by atoms with Gasteiger partial charge < -0.3 is 15.5 Å². The number of hydrogen-bond donors (Lipinski definition) is 2. The average molecular weight is 478 g/mol. The molecular weight excluding hydrogens is 446 g/mol. The van der Waals surface area contributed by atoms with E-state index in [2.05, 4.69) is 10.6 Å². The predicted molar refractivity (Wildman–Crippen MR) is 123 cm³/mol. The van der Waals surface area contributed by atoms with Crippen LogP contribution in [0.1, 0.15) is 48.9 Å². The van der Waals surface area contributed by atoms with Crippen molar-refractivity contribution in [2.24, 2.45) is 0 Å². The summed E-state index contributed by atoms with van der Waals surface area (Å²) >= 11 is 0. The number of nitrogens with one attached hydrogen (secondary N) is 2. The number of carbonyl (C=O) groups is 3. The van der Waals surface area contributed by atoms with Crippen LogP contribution in [0.25, 0.3) is 0 Å². The monoisotopic (exact) mass is 477 g/mol. The van der Waals surface area contributed by atoms with Crippen LogP contribution in [0.5, 0.6) is 0 Å². The minimum atomic E-state index is -3.50. The van der Waals surface area contributed by atoms with Gasteiger partial charge in [-0.25, -0.2) is 0 Å². The molecule has 2 fully saturated rings. The maximum atomic E-state index is 13.0. The molecule has 10 nitrogen and oxygen atoms in total. The van der Waals surface area contributed by atoms with E-state index in [4.69, 9.17) is 0 Å². The maximum Gasteiger partial charge on any atom is 0.282 e. The van der Waals surface area contributed by atoms with E-state index in [1.165, 1.54) is 4.31 Å². The van der Waals surface area contributed by atoms with E-state index >= 15 is 0 Å². The van der Waals surface area contributed by atoms with Crippen LogP contribution in [-0.2, 0) is 19.8 Å². The van der Waals surface area contributed by atoms with Crippen LogP contribution in [-0.4, -0.2) is 85.0 Å². The van der Waals surface area contributed by atoms with Gasteiger partial charge in [0.25, 0.3) is 16.1 Å². The third-order valence-electron chi connectivity index (χ3n) is 6.51. The third-order valence-corrected chi connectivity index (χ3v) is 8.54. The smallest absolute Gasteiger partial charge is 0.282 e. The molecule has 1 aromatic carbocycles. The van der Waals surface area contributed by atoms with Crippen LogP contribution in [0.15, 0.2) is 24.3 Å². The number of carbonyl (C=O) groups excluding carboxylic acids is 3. The number of para-hydroxylation sites is 1. The molecule has 1 unspecified atom stereocenters. The van der Waals surface area contributed by atoms with Crippen molar-refractivity contribution in [3.05, 3.63) is 29.8 Å². The number of nitrogens with zero attached hydrogens (tertiary/aromatic N) is 3. The van der Waals surface area contributed by atoms with Gasteiger partial charge in [0.1, 0.15) is 6.04 Å². The second kappa shape index (κ2) is 10.2. The number of rotatable bonds is 5. The Morgan fingerprint density at radius 1 is 0.909 bits per heavy atom.